The Hall–Kier alpha value is -1.81. The molecule has 1 aromatic heterocycles. The minimum absolute atomic E-state index is 0.0459. The normalized spacial score (nSPS) is 14.5. The minimum Gasteiger partial charge on any atom is -0.381 e. The van der Waals surface area contributed by atoms with Gasteiger partial charge in [0.25, 0.3) is 5.91 Å². The number of aromatic nitrogens is 1. The van der Waals surface area contributed by atoms with Crippen molar-refractivity contribution < 1.29 is 9.53 Å². The lowest BCUT2D eigenvalue weighted by atomic mass is 10.1. The number of hydrogen-bond acceptors (Lipinski definition) is 2. The first-order valence-electron chi connectivity index (χ1n) is 8.09. The van der Waals surface area contributed by atoms with Crippen LogP contribution in [0.1, 0.15) is 40.9 Å². The molecular formula is C18H24N2O2. The molecule has 0 bridgehead atoms. The lowest BCUT2D eigenvalue weighted by molar-refractivity contribution is 0.0933. The van der Waals surface area contributed by atoms with Gasteiger partial charge in [0.1, 0.15) is 5.69 Å². The lowest BCUT2D eigenvalue weighted by Gasteiger charge is -2.04. The third-order valence-corrected chi connectivity index (χ3v) is 4.14. The predicted octanol–water partition coefficient (Wildman–Crippen LogP) is 3.33. The van der Waals surface area contributed by atoms with Gasteiger partial charge in [-0.05, 0) is 62.3 Å². The zero-order valence-corrected chi connectivity index (χ0v) is 13.4. The molecule has 0 aliphatic heterocycles. The average molecular weight is 300 g/mol. The number of carbonyl (C=O) groups excluding carboxylic acids is 1. The molecule has 4 heteroatoms. The molecule has 1 aromatic carbocycles. The van der Waals surface area contributed by atoms with Crippen molar-refractivity contribution in [1.82, 2.24) is 10.3 Å². The number of nitrogens with one attached hydrogen (secondary N) is 2. The Kier molecular flexibility index (Phi) is 4.48. The number of amides is 1. The van der Waals surface area contributed by atoms with Crippen LogP contribution in [0.25, 0.3) is 10.9 Å². The number of hydrogen-bond donors (Lipinski definition) is 2. The number of carbonyl (C=O) groups is 1. The van der Waals surface area contributed by atoms with Gasteiger partial charge in [-0.2, -0.15) is 0 Å². The molecule has 1 aliphatic rings. The summed E-state index contributed by atoms with van der Waals surface area (Å²) < 4.78 is 5.56. The monoisotopic (exact) mass is 300 g/mol. The summed E-state index contributed by atoms with van der Waals surface area (Å²) >= 11 is 0. The number of benzene rings is 1. The number of H-pyrrole nitrogens is 1. The first-order chi connectivity index (χ1) is 10.6. The van der Waals surface area contributed by atoms with E-state index in [4.69, 9.17) is 4.74 Å². The number of aryl methyl sites for hydroxylation is 2. The third-order valence-electron chi connectivity index (χ3n) is 4.14. The van der Waals surface area contributed by atoms with E-state index in [0.29, 0.717) is 12.2 Å². The van der Waals surface area contributed by atoms with E-state index in [1.807, 2.05) is 6.07 Å². The number of ether oxygens (including phenoxy) is 1. The van der Waals surface area contributed by atoms with Gasteiger partial charge in [0.2, 0.25) is 0 Å². The number of rotatable bonds is 7. The third kappa shape index (κ3) is 3.69. The van der Waals surface area contributed by atoms with Gasteiger partial charge in [0, 0.05) is 30.7 Å². The molecule has 0 saturated heterocycles. The maximum atomic E-state index is 12.2. The van der Waals surface area contributed by atoms with Gasteiger partial charge in [-0.25, -0.2) is 0 Å². The summed E-state index contributed by atoms with van der Waals surface area (Å²) in [6.07, 6.45) is 3.49. The van der Waals surface area contributed by atoms with Crippen LogP contribution in [-0.2, 0) is 4.74 Å². The van der Waals surface area contributed by atoms with E-state index in [-0.39, 0.29) is 5.91 Å². The molecule has 4 nitrogen and oxygen atoms in total. The van der Waals surface area contributed by atoms with E-state index in [2.05, 4.69) is 36.3 Å². The van der Waals surface area contributed by atoms with Crippen LogP contribution in [0.2, 0.25) is 0 Å². The largest absolute Gasteiger partial charge is 0.381 e. The summed E-state index contributed by atoms with van der Waals surface area (Å²) in [5.74, 6) is 0.753. The highest BCUT2D eigenvalue weighted by molar-refractivity contribution is 5.98. The van der Waals surface area contributed by atoms with Crippen molar-refractivity contribution in [3.05, 3.63) is 35.0 Å². The zero-order valence-electron chi connectivity index (χ0n) is 13.4. The Morgan fingerprint density at radius 1 is 1.32 bits per heavy atom. The predicted molar refractivity (Wildman–Crippen MR) is 88.3 cm³/mol. The fraction of sp³-hybridized carbons (Fsp3) is 0.500. The van der Waals surface area contributed by atoms with Gasteiger partial charge in [-0.1, -0.05) is 6.07 Å². The molecule has 1 saturated carbocycles. The number of fused-ring (bicyclic) bond motifs is 1. The second kappa shape index (κ2) is 6.53. The van der Waals surface area contributed by atoms with Gasteiger partial charge in [0.05, 0.1) is 0 Å². The molecule has 1 heterocycles. The molecule has 1 fully saturated rings. The van der Waals surface area contributed by atoms with E-state index < -0.39 is 0 Å². The van der Waals surface area contributed by atoms with Crippen molar-refractivity contribution in [3.63, 3.8) is 0 Å². The average Bonchev–Trinajstić information content (AvgIpc) is 3.19. The van der Waals surface area contributed by atoms with E-state index in [0.717, 1.165) is 36.5 Å². The van der Waals surface area contributed by atoms with Crippen LogP contribution in [0, 0.1) is 19.8 Å². The van der Waals surface area contributed by atoms with Crippen molar-refractivity contribution in [2.45, 2.75) is 33.1 Å². The maximum Gasteiger partial charge on any atom is 0.267 e. The molecule has 1 amide bonds. The topological polar surface area (TPSA) is 54.1 Å². The van der Waals surface area contributed by atoms with Crippen molar-refractivity contribution in [1.29, 1.82) is 0 Å². The smallest absolute Gasteiger partial charge is 0.267 e. The van der Waals surface area contributed by atoms with Crippen LogP contribution in [0.4, 0.5) is 0 Å². The van der Waals surface area contributed by atoms with Crippen LogP contribution in [0.3, 0.4) is 0 Å². The van der Waals surface area contributed by atoms with Gasteiger partial charge < -0.3 is 15.0 Å². The van der Waals surface area contributed by atoms with Gasteiger partial charge in [-0.15, -0.1) is 0 Å². The molecule has 0 spiro atoms. The Morgan fingerprint density at radius 2 is 2.14 bits per heavy atom. The molecule has 0 radical (unpaired) electrons. The van der Waals surface area contributed by atoms with Gasteiger partial charge in [-0.3, -0.25) is 4.79 Å². The first-order valence-corrected chi connectivity index (χ1v) is 8.09. The fourth-order valence-electron chi connectivity index (χ4n) is 2.73. The summed E-state index contributed by atoms with van der Waals surface area (Å²) in [4.78, 5) is 15.4. The highest BCUT2D eigenvalue weighted by Gasteiger charge is 2.20. The summed E-state index contributed by atoms with van der Waals surface area (Å²) in [6.45, 7) is 6.39. The second-order valence-electron chi connectivity index (χ2n) is 6.35. The molecule has 2 N–H and O–H groups in total. The lowest BCUT2D eigenvalue weighted by Crippen LogP contribution is -2.25. The SMILES string of the molecule is Cc1cc(C)c2cc(C(=O)NCCCOCC3CC3)[nH]c2c1. The van der Waals surface area contributed by atoms with E-state index in [1.54, 1.807) is 0 Å². The molecule has 1 aliphatic carbocycles. The van der Waals surface area contributed by atoms with Crippen molar-refractivity contribution in [2.24, 2.45) is 5.92 Å². The molecule has 22 heavy (non-hydrogen) atoms. The van der Waals surface area contributed by atoms with E-state index in [1.165, 1.54) is 24.0 Å². The van der Waals surface area contributed by atoms with E-state index in [9.17, 15) is 4.79 Å². The Morgan fingerprint density at radius 3 is 2.91 bits per heavy atom. The quantitative estimate of drug-likeness (QED) is 0.771. The molecular weight excluding hydrogens is 276 g/mol. The standard InChI is InChI=1S/C18H24N2O2/c1-12-8-13(2)15-10-17(20-16(15)9-12)18(21)19-6-3-7-22-11-14-4-5-14/h8-10,14,20H,3-7,11H2,1-2H3,(H,19,21). The Balaban J connectivity index is 1.50. The number of aromatic amines is 1. The summed E-state index contributed by atoms with van der Waals surface area (Å²) in [5.41, 5.74) is 4.04. The first kappa shape index (κ1) is 15.1. The molecule has 2 aromatic rings. The van der Waals surface area contributed by atoms with Gasteiger partial charge in [0.15, 0.2) is 0 Å². The van der Waals surface area contributed by atoms with Crippen LogP contribution < -0.4 is 5.32 Å². The molecule has 118 valence electrons. The fourth-order valence-corrected chi connectivity index (χ4v) is 2.73. The van der Waals surface area contributed by atoms with Gasteiger partial charge >= 0.3 is 0 Å². The Labute approximate surface area is 131 Å². The van der Waals surface area contributed by atoms with Crippen molar-refractivity contribution >= 4 is 16.8 Å². The Bertz CT molecular complexity index is 671. The van der Waals surface area contributed by atoms with Crippen molar-refractivity contribution in [3.8, 4) is 0 Å². The maximum absolute atomic E-state index is 12.2. The zero-order chi connectivity index (χ0) is 15.5. The van der Waals surface area contributed by atoms with Crippen LogP contribution in [0.15, 0.2) is 18.2 Å². The molecule has 3 rings (SSSR count). The molecule has 0 atom stereocenters. The molecule has 0 unspecified atom stereocenters. The van der Waals surface area contributed by atoms with Crippen LogP contribution in [-0.4, -0.2) is 30.6 Å². The van der Waals surface area contributed by atoms with Crippen LogP contribution >= 0.6 is 0 Å². The summed E-state index contributed by atoms with van der Waals surface area (Å²) in [6, 6.07) is 6.14. The second-order valence-corrected chi connectivity index (χ2v) is 6.35. The summed E-state index contributed by atoms with van der Waals surface area (Å²) in [7, 11) is 0. The van der Waals surface area contributed by atoms with Crippen molar-refractivity contribution in [2.75, 3.05) is 19.8 Å². The highest BCUT2D eigenvalue weighted by atomic mass is 16.5. The minimum atomic E-state index is -0.0459. The summed E-state index contributed by atoms with van der Waals surface area (Å²) in [5, 5.41) is 4.06. The van der Waals surface area contributed by atoms with Crippen LogP contribution in [0.5, 0.6) is 0 Å². The van der Waals surface area contributed by atoms with E-state index >= 15 is 0 Å². The highest BCUT2D eigenvalue weighted by Crippen LogP contribution is 2.28.